The zero-order valence-corrected chi connectivity index (χ0v) is 12.3. The van der Waals surface area contributed by atoms with E-state index in [9.17, 15) is 14.7 Å². The lowest BCUT2D eigenvalue weighted by molar-refractivity contribution is -0.145. The Bertz CT molecular complexity index is 555. The van der Waals surface area contributed by atoms with E-state index in [0.29, 0.717) is 12.8 Å². The number of aliphatic carboxylic acids is 1. The molecule has 0 bridgehead atoms. The predicted octanol–water partition coefficient (Wildman–Crippen LogP) is 3.74. The molecule has 1 fully saturated rings. The molecule has 0 spiro atoms. The summed E-state index contributed by atoms with van der Waals surface area (Å²) >= 11 is 3.08. The molecule has 3 rings (SSSR count). The van der Waals surface area contributed by atoms with Crippen molar-refractivity contribution in [2.45, 2.75) is 24.7 Å². The van der Waals surface area contributed by atoms with Crippen LogP contribution in [-0.2, 0) is 9.59 Å². The van der Waals surface area contributed by atoms with Gasteiger partial charge in [-0.05, 0) is 22.9 Å². The second-order valence-electron chi connectivity index (χ2n) is 5.05. The summed E-state index contributed by atoms with van der Waals surface area (Å²) in [5.41, 5.74) is 0. The molecular weight excluding hydrogens is 292 g/mol. The van der Waals surface area contributed by atoms with E-state index < -0.39 is 11.9 Å². The SMILES string of the molecule is O=C1CC(c2cccs2)C(C(=O)O)C(c2cccs2)C1. The maximum Gasteiger partial charge on any atom is 0.307 e. The van der Waals surface area contributed by atoms with Crippen LogP contribution in [0, 0.1) is 5.92 Å². The molecule has 3 nitrogen and oxygen atoms in total. The molecule has 1 aliphatic rings. The molecule has 2 atom stereocenters. The normalized spacial score (nSPS) is 26.6. The Morgan fingerprint density at radius 3 is 1.90 bits per heavy atom. The Labute approximate surface area is 124 Å². The molecule has 20 heavy (non-hydrogen) atoms. The van der Waals surface area contributed by atoms with Crippen LogP contribution >= 0.6 is 22.7 Å². The highest BCUT2D eigenvalue weighted by atomic mass is 32.1. The minimum Gasteiger partial charge on any atom is -0.481 e. The Morgan fingerprint density at radius 2 is 1.55 bits per heavy atom. The van der Waals surface area contributed by atoms with Gasteiger partial charge < -0.3 is 5.11 Å². The van der Waals surface area contributed by atoms with Gasteiger partial charge in [0.15, 0.2) is 0 Å². The predicted molar refractivity (Wildman–Crippen MR) is 79.5 cm³/mol. The monoisotopic (exact) mass is 306 g/mol. The quantitative estimate of drug-likeness (QED) is 0.940. The van der Waals surface area contributed by atoms with Crippen molar-refractivity contribution in [3.05, 3.63) is 44.8 Å². The van der Waals surface area contributed by atoms with Gasteiger partial charge in [-0.15, -0.1) is 22.7 Å². The third-order valence-corrected chi connectivity index (χ3v) is 5.87. The molecule has 2 heterocycles. The summed E-state index contributed by atoms with van der Waals surface area (Å²) in [4.78, 5) is 25.8. The highest BCUT2D eigenvalue weighted by Gasteiger charge is 2.43. The first-order valence-corrected chi connectivity index (χ1v) is 8.24. The summed E-state index contributed by atoms with van der Waals surface area (Å²) < 4.78 is 0. The van der Waals surface area contributed by atoms with Crippen LogP contribution in [0.25, 0.3) is 0 Å². The maximum atomic E-state index is 12.1. The molecule has 2 aromatic heterocycles. The van der Waals surface area contributed by atoms with Crippen LogP contribution in [0.2, 0.25) is 0 Å². The standard InChI is InChI=1S/C15H14O3S2/c16-9-7-10(12-3-1-5-19-12)14(15(17)18)11(8-9)13-4-2-6-20-13/h1-6,10-11,14H,7-8H2,(H,17,18). The molecule has 1 aliphatic carbocycles. The van der Waals surface area contributed by atoms with E-state index in [1.807, 2.05) is 35.0 Å². The fourth-order valence-corrected chi connectivity index (χ4v) is 4.76. The number of ketones is 1. The molecule has 0 radical (unpaired) electrons. The highest BCUT2D eigenvalue weighted by molar-refractivity contribution is 7.10. The molecule has 0 saturated heterocycles. The van der Waals surface area contributed by atoms with E-state index in [1.54, 1.807) is 0 Å². The molecule has 2 unspecified atom stereocenters. The fourth-order valence-electron chi connectivity index (χ4n) is 3.01. The van der Waals surface area contributed by atoms with Crippen LogP contribution < -0.4 is 0 Å². The van der Waals surface area contributed by atoms with Gasteiger partial charge in [0.05, 0.1) is 5.92 Å². The molecule has 2 aromatic rings. The summed E-state index contributed by atoms with van der Waals surface area (Å²) in [5.74, 6) is -1.53. The summed E-state index contributed by atoms with van der Waals surface area (Å²) in [6.07, 6.45) is 0.693. The van der Waals surface area contributed by atoms with Crippen molar-refractivity contribution in [1.29, 1.82) is 0 Å². The smallest absolute Gasteiger partial charge is 0.307 e. The number of carbonyl (C=O) groups is 2. The number of carboxylic acids is 1. The van der Waals surface area contributed by atoms with Crippen molar-refractivity contribution in [3.8, 4) is 0 Å². The van der Waals surface area contributed by atoms with Crippen molar-refractivity contribution < 1.29 is 14.7 Å². The van der Waals surface area contributed by atoms with Gasteiger partial charge in [0, 0.05) is 34.4 Å². The largest absolute Gasteiger partial charge is 0.481 e. The lowest BCUT2D eigenvalue weighted by Crippen LogP contribution is -2.35. The number of hydrogen-bond donors (Lipinski definition) is 1. The molecular formula is C15H14O3S2. The summed E-state index contributed by atoms with van der Waals surface area (Å²) in [6, 6.07) is 7.71. The van der Waals surface area contributed by atoms with Gasteiger partial charge in [-0.2, -0.15) is 0 Å². The van der Waals surface area contributed by atoms with Gasteiger partial charge >= 0.3 is 5.97 Å². The van der Waals surface area contributed by atoms with Gasteiger partial charge in [0.2, 0.25) is 0 Å². The van der Waals surface area contributed by atoms with Crippen LogP contribution in [-0.4, -0.2) is 16.9 Å². The zero-order chi connectivity index (χ0) is 14.1. The van der Waals surface area contributed by atoms with Gasteiger partial charge in [0.25, 0.3) is 0 Å². The minimum atomic E-state index is -0.797. The van der Waals surface area contributed by atoms with E-state index in [-0.39, 0.29) is 17.6 Å². The van der Waals surface area contributed by atoms with E-state index >= 15 is 0 Å². The van der Waals surface area contributed by atoms with Crippen molar-refractivity contribution in [3.63, 3.8) is 0 Å². The Kier molecular flexibility index (Phi) is 3.72. The lowest BCUT2D eigenvalue weighted by atomic mass is 9.70. The first kappa shape index (κ1) is 13.5. The third-order valence-electron chi connectivity index (χ3n) is 3.86. The van der Waals surface area contributed by atoms with Crippen LogP contribution in [0.5, 0.6) is 0 Å². The van der Waals surface area contributed by atoms with Crippen LogP contribution in [0.1, 0.15) is 34.4 Å². The van der Waals surface area contributed by atoms with Crippen molar-refractivity contribution in [1.82, 2.24) is 0 Å². The molecule has 1 N–H and O–H groups in total. The minimum absolute atomic E-state index is 0.166. The lowest BCUT2D eigenvalue weighted by Gasteiger charge is -2.33. The Balaban J connectivity index is 2.01. The van der Waals surface area contributed by atoms with Crippen LogP contribution in [0.15, 0.2) is 35.0 Å². The highest BCUT2D eigenvalue weighted by Crippen LogP contribution is 2.47. The topological polar surface area (TPSA) is 54.4 Å². The second kappa shape index (κ2) is 5.50. The summed E-state index contributed by atoms with van der Waals surface area (Å²) in [6.45, 7) is 0. The Hall–Kier alpha value is -1.46. The van der Waals surface area contributed by atoms with E-state index in [0.717, 1.165) is 9.75 Å². The number of carbonyl (C=O) groups excluding carboxylic acids is 1. The fraction of sp³-hybridized carbons (Fsp3) is 0.333. The number of thiophene rings is 2. The van der Waals surface area contributed by atoms with Gasteiger partial charge in [-0.3, -0.25) is 9.59 Å². The van der Waals surface area contributed by atoms with E-state index in [4.69, 9.17) is 0 Å². The first-order valence-electron chi connectivity index (χ1n) is 6.48. The van der Waals surface area contributed by atoms with Crippen molar-refractivity contribution in [2.75, 3.05) is 0 Å². The molecule has 1 saturated carbocycles. The summed E-state index contributed by atoms with van der Waals surface area (Å²) in [7, 11) is 0. The third kappa shape index (κ3) is 2.43. The zero-order valence-electron chi connectivity index (χ0n) is 10.7. The number of rotatable bonds is 3. The molecule has 5 heteroatoms. The maximum absolute atomic E-state index is 12.1. The van der Waals surface area contributed by atoms with Crippen molar-refractivity contribution in [2.24, 2.45) is 5.92 Å². The molecule has 0 aliphatic heterocycles. The summed E-state index contributed by atoms with van der Waals surface area (Å²) in [5, 5.41) is 13.5. The van der Waals surface area contributed by atoms with Gasteiger partial charge in [0.1, 0.15) is 5.78 Å². The first-order chi connectivity index (χ1) is 9.66. The number of hydrogen-bond acceptors (Lipinski definition) is 4. The van der Waals surface area contributed by atoms with Crippen LogP contribution in [0.4, 0.5) is 0 Å². The number of Topliss-reactive ketones (excluding diaryl/α,β-unsaturated/α-hetero) is 1. The van der Waals surface area contributed by atoms with Crippen molar-refractivity contribution >= 4 is 34.4 Å². The molecule has 0 amide bonds. The van der Waals surface area contributed by atoms with Gasteiger partial charge in [-0.1, -0.05) is 12.1 Å². The average Bonchev–Trinajstić information content (AvgIpc) is 3.11. The second-order valence-corrected chi connectivity index (χ2v) is 7.01. The Morgan fingerprint density at radius 1 is 1.05 bits per heavy atom. The van der Waals surface area contributed by atoms with E-state index in [2.05, 4.69) is 0 Å². The van der Waals surface area contributed by atoms with Crippen LogP contribution in [0.3, 0.4) is 0 Å². The van der Waals surface area contributed by atoms with E-state index in [1.165, 1.54) is 22.7 Å². The molecule has 104 valence electrons. The van der Waals surface area contributed by atoms with Gasteiger partial charge in [-0.25, -0.2) is 0 Å². The molecule has 0 aromatic carbocycles. The average molecular weight is 306 g/mol. The number of carboxylic acid groups (broad SMARTS) is 1.